The van der Waals surface area contributed by atoms with Gasteiger partial charge in [-0.2, -0.15) is 0 Å². The Morgan fingerprint density at radius 2 is 2.06 bits per heavy atom. The molecule has 1 heterocycles. The van der Waals surface area contributed by atoms with E-state index < -0.39 is 0 Å². The average molecular weight is 281 g/mol. The van der Waals surface area contributed by atoms with E-state index in [1.54, 1.807) is 23.1 Å². The number of nitrogens with zero attached hydrogens (tertiary/aromatic N) is 1. The van der Waals surface area contributed by atoms with Gasteiger partial charge in [-0.3, -0.25) is 9.69 Å². The number of hydrogen-bond acceptors (Lipinski definition) is 3. The van der Waals surface area contributed by atoms with Crippen molar-refractivity contribution in [3.63, 3.8) is 0 Å². The molecule has 1 aromatic rings. The molecule has 1 aliphatic heterocycles. The Bertz CT molecular complexity index is 510. The van der Waals surface area contributed by atoms with Crippen molar-refractivity contribution < 1.29 is 9.18 Å². The lowest BCUT2D eigenvalue weighted by Gasteiger charge is -2.11. The standard InChI is InChI=1S/C13H12FNOS2/c1-2-7-15-12(16)11(18-13(15)17)8-9-3-5-10(14)6-4-9/h3-6,8H,2,7H2,1H3/b11-8+. The van der Waals surface area contributed by atoms with E-state index in [1.165, 1.54) is 23.9 Å². The van der Waals surface area contributed by atoms with Crippen molar-refractivity contribution in [1.29, 1.82) is 0 Å². The van der Waals surface area contributed by atoms with Gasteiger partial charge in [0.25, 0.3) is 5.91 Å². The maximum absolute atomic E-state index is 12.8. The molecule has 0 saturated carbocycles. The summed E-state index contributed by atoms with van der Waals surface area (Å²) in [5.74, 6) is -0.346. The summed E-state index contributed by atoms with van der Waals surface area (Å²) >= 11 is 6.46. The molecule has 0 spiro atoms. The molecule has 0 bridgehead atoms. The van der Waals surface area contributed by atoms with Crippen LogP contribution in [-0.2, 0) is 4.79 Å². The second kappa shape index (κ2) is 5.63. The minimum absolute atomic E-state index is 0.0591. The third-order valence-corrected chi connectivity index (χ3v) is 3.87. The van der Waals surface area contributed by atoms with Crippen LogP contribution in [-0.4, -0.2) is 21.7 Å². The lowest BCUT2D eigenvalue weighted by atomic mass is 10.2. The third kappa shape index (κ3) is 2.79. The minimum atomic E-state index is -0.286. The molecule has 5 heteroatoms. The molecule has 2 rings (SSSR count). The van der Waals surface area contributed by atoms with Gasteiger partial charge in [0.05, 0.1) is 4.91 Å². The zero-order valence-corrected chi connectivity index (χ0v) is 11.5. The number of thioether (sulfide) groups is 1. The van der Waals surface area contributed by atoms with Gasteiger partial charge in [0.1, 0.15) is 10.1 Å². The number of thiocarbonyl (C=S) groups is 1. The maximum Gasteiger partial charge on any atom is 0.266 e. The first-order valence-corrected chi connectivity index (χ1v) is 6.85. The Balaban J connectivity index is 2.22. The second-order valence-corrected chi connectivity index (χ2v) is 5.56. The summed E-state index contributed by atoms with van der Waals surface area (Å²) in [6, 6.07) is 6.03. The fourth-order valence-electron chi connectivity index (χ4n) is 1.63. The second-order valence-electron chi connectivity index (χ2n) is 3.88. The topological polar surface area (TPSA) is 20.3 Å². The molecule has 1 saturated heterocycles. The van der Waals surface area contributed by atoms with Gasteiger partial charge in [0, 0.05) is 6.54 Å². The molecule has 0 radical (unpaired) electrons. The lowest BCUT2D eigenvalue weighted by molar-refractivity contribution is -0.122. The minimum Gasteiger partial charge on any atom is -0.293 e. The van der Waals surface area contributed by atoms with Gasteiger partial charge in [0.2, 0.25) is 0 Å². The number of benzene rings is 1. The van der Waals surface area contributed by atoms with E-state index >= 15 is 0 Å². The summed E-state index contributed by atoms with van der Waals surface area (Å²) in [4.78, 5) is 14.3. The predicted molar refractivity (Wildman–Crippen MR) is 76.6 cm³/mol. The Labute approximate surface area is 115 Å². The Morgan fingerprint density at radius 1 is 1.39 bits per heavy atom. The highest BCUT2D eigenvalue weighted by atomic mass is 32.2. The van der Waals surface area contributed by atoms with Crippen molar-refractivity contribution in [3.05, 3.63) is 40.6 Å². The molecule has 0 atom stereocenters. The van der Waals surface area contributed by atoms with Crippen molar-refractivity contribution in [2.24, 2.45) is 0 Å². The fraction of sp³-hybridized carbons (Fsp3) is 0.231. The first kappa shape index (κ1) is 13.2. The predicted octanol–water partition coefficient (Wildman–Crippen LogP) is 3.44. The lowest BCUT2D eigenvalue weighted by Crippen LogP contribution is -2.28. The molecule has 0 unspecified atom stereocenters. The summed E-state index contributed by atoms with van der Waals surface area (Å²) in [6.45, 7) is 2.65. The zero-order valence-electron chi connectivity index (χ0n) is 9.85. The molecule has 1 amide bonds. The molecule has 0 aromatic heterocycles. The molecule has 1 fully saturated rings. The smallest absolute Gasteiger partial charge is 0.266 e. The number of carbonyl (C=O) groups is 1. The van der Waals surface area contributed by atoms with E-state index in [-0.39, 0.29) is 11.7 Å². The molecular weight excluding hydrogens is 269 g/mol. The van der Waals surface area contributed by atoms with Crippen LogP contribution >= 0.6 is 24.0 Å². The van der Waals surface area contributed by atoms with Crippen molar-refractivity contribution in [2.45, 2.75) is 13.3 Å². The first-order chi connectivity index (χ1) is 8.61. The van der Waals surface area contributed by atoms with E-state index in [1.807, 2.05) is 6.92 Å². The van der Waals surface area contributed by atoms with Crippen molar-refractivity contribution in [3.8, 4) is 0 Å². The molecule has 1 aliphatic rings. The number of amides is 1. The van der Waals surface area contributed by atoms with Gasteiger partial charge in [-0.1, -0.05) is 43.0 Å². The van der Waals surface area contributed by atoms with Crippen LogP contribution in [0.3, 0.4) is 0 Å². The number of halogens is 1. The van der Waals surface area contributed by atoms with Gasteiger partial charge in [-0.15, -0.1) is 0 Å². The average Bonchev–Trinajstić information content (AvgIpc) is 2.60. The molecular formula is C13H12FNOS2. The molecule has 18 heavy (non-hydrogen) atoms. The number of rotatable bonds is 3. The third-order valence-electron chi connectivity index (χ3n) is 2.49. The fourth-order valence-corrected chi connectivity index (χ4v) is 2.94. The SMILES string of the molecule is CCCN1C(=O)/C(=C\c2ccc(F)cc2)SC1=S. The van der Waals surface area contributed by atoms with E-state index in [4.69, 9.17) is 12.2 Å². The van der Waals surface area contributed by atoms with E-state index in [2.05, 4.69) is 0 Å². The van der Waals surface area contributed by atoms with Crippen LogP contribution in [0.1, 0.15) is 18.9 Å². The van der Waals surface area contributed by atoms with Crippen LogP contribution in [0.2, 0.25) is 0 Å². The van der Waals surface area contributed by atoms with Gasteiger partial charge in [0.15, 0.2) is 0 Å². The highest BCUT2D eigenvalue weighted by Gasteiger charge is 2.30. The highest BCUT2D eigenvalue weighted by Crippen LogP contribution is 2.32. The van der Waals surface area contributed by atoms with Gasteiger partial charge < -0.3 is 0 Å². The highest BCUT2D eigenvalue weighted by molar-refractivity contribution is 8.26. The summed E-state index contributed by atoms with van der Waals surface area (Å²) in [7, 11) is 0. The first-order valence-electron chi connectivity index (χ1n) is 5.62. The van der Waals surface area contributed by atoms with Gasteiger partial charge >= 0.3 is 0 Å². The normalized spacial score (nSPS) is 17.9. The molecule has 0 aliphatic carbocycles. The summed E-state index contributed by atoms with van der Waals surface area (Å²) in [6.07, 6.45) is 2.62. The van der Waals surface area contributed by atoms with E-state index in [0.29, 0.717) is 15.8 Å². The van der Waals surface area contributed by atoms with Crippen molar-refractivity contribution >= 4 is 40.3 Å². The molecule has 1 aromatic carbocycles. The van der Waals surface area contributed by atoms with Gasteiger partial charge in [-0.05, 0) is 30.2 Å². The van der Waals surface area contributed by atoms with Crippen LogP contribution in [0, 0.1) is 5.82 Å². The van der Waals surface area contributed by atoms with Gasteiger partial charge in [-0.25, -0.2) is 4.39 Å². The van der Waals surface area contributed by atoms with Crippen LogP contribution in [0.5, 0.6) is 0 Å². The van der Waals surface area contributed by atoms with Crippen molar-refractivity contribution in [1.82, 2.24) is 4.90 Å². The zero-order chi connectivity index (χ0) is 13.1. The van der Waals surface area contributed by atoms with Crippen molar-refractivity contribution in [2.75, 3.05) is 6.54 Å². The maximum atomic E-state index is 12.8. The quantitative estimate of drug-likeness (QED) is 0.625. The summed E-state index contributed by atoms with van der Waals surface area (Å²) in [5.41, 5.74) is 0.799. The van der Waals surface area contributed by atoms with E-state index in [0.717, 1.165) is 12.0 Å². The van der Waals surface area contributed by atoms with Crippen LogP contribution in [0.4, 0.5) is 4.39 Å². The number of carbonyl (C=O) groups excluding carboxylic acids is 1. The molecule has 0 N–H and O–H groups in total. The summed E-state index contributed by atoms with van der Waals surface area (Å²) < 4.78 is 13.4. The van der Waals surface area contributed by atoms with Crippen LogP contribution in [0.15, 0.2) is 29.2 Å². The van der Waals surface area contributed by atoms with Crippen LogP contribution < -0.4 is 0 Å². The Kier molecular flexibility index (Phi) is 4.14. The largest absolute Gasteiger partial charge is 0.293 e. The Hall–Kier alpha value is -1.20. The molecule has 2 nitrogen and oxygen atoms in total. The monoisotopic (exact) mass is 281 g/mol. The Morgan fingerprint density at radius 3 is 2.67 bits per heavy atom. The molecule has 94 valence electrons. The summed E-state index contributed by atoms with van der Waals surface area (Å²) in [5, 5.41) is 0. The van der Waals surface area contributed by atoms with Crippen LogP contribution in [0.25, 0.3) is 6.08 Å². The number of hydrogen-bond donors (Lipinski definition) is 0. The van der Waals surface area contributed by atoms with E-state index in [9.17, 15) is 9.18 Å².